The Labute approximate surface area is 185 Å². The standard InChI is InChI=1S/C25H23N3O4/c1-31-21-12-11-17(13-22(21)32-15-23(26)29)28-24(16-7-3-2-4-8-16)25(30)19-14-27-20-10-6-5-9-18(19)20/h2-14,24,27-28H,15H2,1H3,(H2,26,29). The number of para-hydroxylation sites is 1. The lowest BCUT2D eigenvalue weighted by Crippen LogP contribution is -2.22. The van der Waals surface area contributed by atoms with Crippen molar-refractivity contribution in [3.63, 3.8) is 0 Å². The molecule has 0 aliphatic heterocycles. The number of hydrogen-bond acceptors (Lipinski definition) is 5. The van der Waals surface area contributed by atoms with Crippen molar-refractivity contribution in [2.45, 2.75) is 6.04 Å². The third kappa shape index (κ3) is 4.41. The van der Waals surface area contributed by atoms with Gasteiger partial charge in [-0.05, 0) is 23.8 Å². The number of benzene rings is 3. The van der Waals surface area contributed by atoms with Crippen LogP contribution in [0, 0.1) is 0 Å². The third-order valence-corrected chi connectivity index (χ3v) is 5.09. The fourth-order valence-electron chi connectivity index (χ4n) is 3.57. The molecule has 0 spiro atoms. The fraction of sp³-hybridized carbons (Fsp3) is 0.120. The minimum atomic E-state index is -0.646. The van der Waals surface area contributed by atoms with Crippen LogP contribution >= 0.6 is 0 Å². The van der Waals surface area contributed by atoms with E-state index in [9.17, 15) is 9.59 Å². The third-order valence-electron chi connectivity index (χ3n) is 5.09. The average molecular weight is 429 g/mol. The van der Waals surface area contributed by atoms with Gasteiger partial charge in [0.2, 0.25) is 0 Å². The van der Waals surface area contributed by atoms with Crippen molar-refractivity contribution in [2.75, 3.05) is 19.0 Å². The molecule has 4 N–H and O–H groups in total. The van der Waals surface area contributed by atoms with E-state index < -0.39 is 11.9 Å². The first-order valence-electron chi connectivity index (χ1n) is 10.1. The van der Waals surface area contributed by atoms with E-state index in [4.69, 9.17) is 15.2 Å². The van der Waals surface area contributed by atoms with Crippen molar-refractivity contribution in [2.24, 2.45) is 5.73 Å². The van der Waals surface area contributed by atoms with E-state index in [1.165, 1.54) is 7.11 Å². The first kappa shape index (κ1) is 21.0. The number of primary amides is 1. The maximum absolute atomic E-state index is 13.6. The van der Waals surface area contributed by atoms with Crippen LogP contribution in [-0.2, 0) is 4.79 Å². The monoisotopic (exact) mass is 429 g/mol. The molecule has 7 nitrogen and oxygen atoms in total. The molecule has 3 aromatic carbocycles. The molecule has 1 aromatic heterocycles. The van der Waals surface area contributed by atoms with Crippen LogP contribution in [0.25, 0.3) is 10.9 Å². The van der Waals surface area contributed by atoms with Crippen molar-refractivity contribution >= 4 is 28.3 Å². The number of ketones is 1. The van der Waals surface area contributed by atoms with E-state index in [2.05, 4.69) is 10.3 Å². The van der Waals surface area contributed by atoms with E-state index in [-0.39, 0.29) is 12.4 Å². The number of methoxy groups -OCH3 is 1. The fourth-order valence-corrected chi connectivity index (χ4v) is 3.57. The summed E-state index contributed by atoms with van der Waals surface area (Å²) in [6.45, 7) is -0.282. The van der Waals surface area contributed by atoms with Gasteiger partial charge in [-0.2, -0.15) is 0 Å². The second-order valence-electron chi connectivity index (χ2n) is 7.22. The normalized spacial score (nSPS) is 11.7. The topological polar surface area (TPSA) is 106 Å². The summed E-state index contributed by atoms with van der Waals surface area (Å²) < 4.78 is 10.8. The van der Waals surface area contributed by atoms with Crippen molar-refractivity contribution in [3.05, 3.63) is 90.1 Å². The van der Waals surface area contributed by atoms with Crippen LogP contribution in [0.3, 0.4) is 0 Å². The number of ether oxygens (including phenoxy) is 2. The largest absolute Gasteiger partial charge is 0.493 e. The molecule has 4 aromatic rings. The number of nitrogens with one attached hydrogen (secondary N) is 2. The minimum Gasteiger partial charge on any atom is -0.493 e. The molecule has 1 unspecified atom stereocenters. The highest BCUT2D eigenvalue weighted by molar-refractivity contribution is 6.11. The molecule has 4 rings (SSSR count). The first-order chi connectivity index (χ1) is 15.6. The van der Waals surface area contributed by atoms with Gasteiger partial charge in [0.15, 0.2) is 23.9 Å². The van der Waals surface area contributed by atoms with Crippen LogP contribution in [0.2, 0.25) is 0 Å². The number of carbonyl (C=O) groups is 2. The number of hydrogen-bond donors (Lipinski definition) is 3. The zero-order valence-corrected chi connectivity index (χ0v) is 17.5. The zero-order valence-electron chi connectivity index (χ0n) is 17.5. The second-order valence-corrected chi connectivity index (χ2v) is 7.22. The van der Waals surface area contributed by atoms with Crippen LogP contribution < -0.4 is 20.5 Å². The van der Waals surface area contributed by atoms with Crippen molar-refractivity contribution in [1.82, 2.24) is 4.98 Å². The Balaban J connectivity index is 1.70. The molecule has 0 fully saturated rings. The van der Waals surface area contributed by atoms with E-state index >= 15 is 0 Å². The Morgan fingerprint density at radius 1 is 1.00 bits per heavy atom. The number of fused-ring (bicyclic) bond motifs is 1. The summed E-state index contributed by atoms with van der Waals surface area (Å²) >= 11 is 0. The number of aromatic nitrogens is 1. The molecule has 0 bridgehead atoms. The van der Waals surface area contributed by atoms with Gasteiger partial charge >= 0.3 is 0 Å². The summed E-state index contributed by atoms with van der Waals surface area (Å²) in [6, 6.07) is 21.7. The van der Waals surface area contributed by atoms with Crippen molar-refractivity contribution < 1.29 is 19.1 Å². The van der Waals surface area contributed by atoms with Crippen LogP contribution in [0.15, 0.2) is 79.0 Å². The van der Waals surface area contributed by atoms with Gasteiger partial charge in [-0.25, -0.2) is 0 Å². The van der Waals surface area contributed by atoms with E-state index in [1.54, 1.807) is 24.4 Å². The summed E-state index contributed by atoms with van der Waals surface area (Å²) in [6.07, 6.45) is 1.74. The smallest absolute Gasteiger partial charge is 0.255 e. The number of amides is 1. The number of anilines is 1. The van der Waals surface area contributed by atoms with Gasteiger partial charge < -0.3 is 25.5 Å². The molecule has 1 amide bonds. The summed E-state index contributed by atoms with van der Waals surface area (Å²) in [5.41, 5.74) is 8.14. The minimum absolute atomic E-state index is 0.0796. The number of Topliss-reactive ketones (excluding diaryl/α,β-unsaturated/α-hetero) is 1. The lowest BCUT2D eigenvalue weighted by Gasteiger charge is -2.20. The average Bonchev–Trinajstić information content (AvgIpc) is 3.25. The molecule has 7 heteroatoms. The van der Waals surface area contributed by atoms with E-state index in [1.807, 2.05) is 54.6 Å². The van der Waals surface area contributed by atoms with Gasteiger partial charge in [-0.3, -0.25) is 9.59 Å². The van der Waals surface area contributed by atoms with Crippen LogP contribution in [-0.4, -0.2) is 30.4 Å². The number of aromatic amines is 1. The molecule has 32 heavy (non-hydrogen) atoms. The highest BCUT2D eigenvalue weighted by Crippen LogP contribution is 2.33. The molecule has 1 heterocycles. The van der Waals surface area contributed by atoms with Gasteiger partial charge in [-0.1, -0.05) is 48.5 Å². The van der Waals surface area contributed by atoms with Crippen molar-refractivity contribution in [3.8, 4) is 11.5 Å². The molecule has 0 saturated carbocycles. The summed E-state index contributed by atoms with van der Waals surface area (Å²) in [4.78, 5) is 28.0. The summed E-state index contributed by atoms with van der Waals surface area (Å²) in [7, 11) is 1.51. The summed E-state index contributed by atoms with van der Waals surface area (Å²) in [5.74, 6) is 0.129. The quantitative estimate of drug-likeness (QED) is 0.348. The Morgan fingerprint density at radius 3 is 2.50 bits per heavy atom. The molecule has 0 saturated heterocycles. The lowest BCUT2D eigenvalue weighted by molar-refractivity contribution is -0.119. The van der Waals surface area contributed by atoms with E-state index in [0.29, 0.717) is 22.7 Å². The molecule has 1 atom stereocenters. The number of carbonyl (C=O) groups excluding carboxylic acids is 2. The number of H-pyrrole nitrogens is 1. The maximum atomic E-state index is 13.6. The Morgan fingerprint density at radius 2 is 1.75 bits per heavy atom. The van der Waals surface area contributed by atoms with Crippen LogP contribution in [0.5, 0.6) is 11.5 Å². The SMILES string of the molecule is COc1ccc(NC(C(=O)c2c[nH]c3ccccc23)c2ccccc2)cc1OCC(N)=O. The Hall–Kier alpha value is -4.26. The first-order valence-corrected chi connectivity index (χ1v) is 10.1. The number of rotatable bonds is 9. The van der Waals surface area contributed by atoms with E-state index in [0.717, 1.165) is 16.5 Å². The molecule has 0 aliphatic carbocycles. The predicted octanol–water partition coefficient (Wildman–Crippen LogP) is 4.08. The van der Waals surface area contributed by atoms with Crippen LogP contribution in [0.4, 0.5) is 5.69 Å². The maximum Gasteiger partial charge on any atom is 0.255 e. The Bertz CT molecular complexity index is 1250. The molecule has 0 radical (unpaired) electrons. The summed E-state index contributed by atoms with van der Waals surface area (Å²) in [5, 5.41) is 4.17. The highest BCUT2D eigenvalue weighted by Gasteiger charge is 2.25. The lowest BCUT2D eigenvalue weighted by atomic mass is 9.96. The predicted molar refractivity (Wildman–Crippen MR) is 123 cm³/mol. The highest BCUT2D eigenvalue weighted by atomic mass is 16.5. The molecular formula is C25H23N3O4. The number of nitrogens with two attached hydrogens (primary N) is 1. The Kier molecular flexibility index (Phi) is 6.07. The van der Waals surface area contributed by atoms with Crippen LogP contribution in [0.1, 0.15) is 22.0 Å². The molecular weight excluding hydrogens is 406 g/mol. The van der Waals surface area contributed by atoms with Gasteiger partial charge in [0.05, 0.1) is 7.11 Å². The van der Waals surface area contributed by atoms with Gasteiger partial charge in [0.1, 0.15) is 6.04 Å². The molecule has 162 valence electrons. The van der Waals surface area contributed by atoms with Gasteiger partial charge in [0.25, 0.3) is 5.91 Å². The van der Waals surface area contributed by atoms with Gasteiger partial charge in [-0.15, -0.1) is 0 Å². The zero-order chi connectivity index (χ0) is 22.5. The van der Waals surface area contributed by atoms with Crippen molar-refractivity contribution in [1.29, 1.82) is 0 Å². The molecule has 0 aliphatic rings. The second kappa shape index (κ2) is 9.26. The van der Waals surface area contributed by atoms with Gasteiger partial charge in [0, 0.05) is 34.4 Å².